The normalized spacial score (nSPS) is 20.5. The zero-order valence-electron chi connectivity index (χ0n) is 11.4. The van der Waals surface area contributed by atoms with E-state index in [1.165, 1.54) is 6.07 Å². The van der Waals surface area contributed by atoms with E-state index in [0.29, 0.717) is 6.54 Å². The van der Waals surface area contributed by atoms with Crippen LogP contribution in [0.25, 0.3) is 0 Å². The molecule has 2 rings (SSSR count). The van der Waals surface area contributed by atoms with Crippen molar-refractivity contribution in [2.75, 3.05) is 6.54 Å². The van der Waals surface area contributed by atoms with Gasteiger partial charge in [0, 0.05) is 12.6 Å². The molecule has 1 heterocycles. The highest BCUT2D eigenvalue weighted by atomic mass is 19.1. The maximum atomic E-state index is 13.3. The lowest BCUT2D eigenvalue weighted by Gasteiger charge is -2.33. The SMILES string of the molecule is CC(C)(O)[C@H]1CCCN1Cc1ccc(F)c(C#N)c1. The quantitative estimate of drug-likeness (QED) is 0.910. The molecule has 0 aromatic heterocycles. The number of nitriles is 1. The maximum absolute atomic E-state index is 13.3. The first-order valence-corrected chi connectivity index (χ1v) is 6.57. The van der Waals surface area contributed by atoms with Gasteiger partial charge in [-0.3, -0.25) is 4.90 Å². The summed E-state index contributed by atoms with van der Waals surface area (Å²) in [6, 6.07) is 6.61. The minimum atomic E-state index is -0.741. The molecule has 1 saturated heterocycles. The largest absolute Gasteiger partial charge is 0.389 e. The second-order valence-corrected chi connectivity index (χ2v) is 5.71. The van der Waals surface area contributed by atoms with Gasteiger partial charge in [-0.2, -0.15) is 5.26 Å². The van der Waals surface area contributed by atoms with Crippen LogP contribution in [0.15, 0.2) is 18.2 Å². The number of aliphatic hydroxyl groups is 1. The summed E-state index contributed by atoms with van der Waals surface area (Å²) in [6.45, 7) is 5.21. The molecule has 0 amide bonds. The summed E-state index contributed by atoms with van der Waals surface area (Å²) in [6.07, 6.45) is 2.02. The molecular weight excluding hydrogens is 243 g/mol. The third-order valence-electron chi connectivity index (χ3n) is 3.72. The summed E-state index contributed by atoms with van der Waals surface area (Å²) in [5.41, 5.74) is 0.250. The van der Waals surface area contributed by atoms with E-state index in [1.54, 1.807) is 12.1 Å². The van der Waals surface area contributed by atoms with Crippen LogP contribution in [-0.4, -0.2) is 28.2 Å². The van der Waals surface area contributed by atoms with Crippen molar-refractivity contribution in [3.8, 4) is 6.07 Å². The van der Waals surface area contributed by atoms with Gasteiger partial charge in [0.1, 0.15) is 11.9 Å². The minimum Gasteiger partial charge on any atom is -0.389 e. The summed E-state index contributed by atoms with van der Waals surface area (Å²) in [5, 5.41) is 19.0. The van der Waals surface area contributed by atoms with Crippen LogP contribution >= 0.6 is 0 Å². The Hall–Kier alpha value is -1.44. The van der Waals surface area contributed by atoms with Gasteiger partial charge in [0.05, 0.1) is 11.2 Å². The van der Waals surface area contributed by atoms with Crippen LogP contribution in [0.1, 0.15) is 37.8 Å². The topological polar surface area (TPSA) is 47.3 Å². The fraction of sp³-hybridized carbons (Fsp3) is 0.533. The molecule has 0 radical (unpaired) electrons. The number of halogens is 1. The Balaban J connectivity index is 2.15. The summed E-state index contributed by atoms with van der Waals surface area (Å²) in [7, 11) is 0. The van der Waals surface area contributed by atoms with Crippen LogP contribution in [-0.2, 0) is 6.54 Å². The van der Waals surface area contributed by atoms with Crippen LogP contribution in [0.3, 0.4) is 0 Å². The molecule has 19 heavy (non-hydrogen) atoms. The van der Waals surface area contributed by atoms with E-state index in [-0.39, 0.29) is 11.6 Å². The number of likely N-dealkylation sites (tertiary alicyclic amines) is 1. The van der Waals surface area contributed by atoms with Gasteiger partial charge in [0.15, 0.2) is 0 Å². The predicted octanol–water partition coefficient (Wildman–Crippen LogP) is 2.43. The third kappa shape index (κ3) is 3.12. The molecule has 0 unspecified atom stereocenters. The Kier molecular flexibility index (Phi) is 3.88. The van der Waals surface area contributed by atoms with Crippen LogP contribution in [0.2, 0.25) is 0 Å². The molecule has 0 spiro atoms. The fourth-order valence-electron chi connectivity index (χ4n) is 2.81. The Morgan fingerprint density at radius 1 is 1.53 bits per heavy atom. The summed E-state index contributed by atoms with van der Waals surface area (Å²) in [5.74, 6) is -0.480. The van der Waals surface area contributed by atoms with Crippen LogP contribution in [0.5, 0.6) is 0 Å². The molecule has 1 atom stereocenters. The van der Waals surface area contributed by atoms with Gasteiger partial charge < -0.3 is 5.11 Å². The van der Waals surface area contributed by atoms with Gasteiger partial charge >= 0.3 is 0 Å². The highest BCUT2D eigenvalue weighted by molar-refractivity contribution is 5.34. The van der Waals surface area contributed by atoms with Crippen LogP contribution in [0, 0.1) is 17.1 Å². The first-order chi connectivity index (χ1) is 8.91. The van der Waals surface area contributed by atoms with Crippen molar-refractivity contribution >= 4 is 0 Å². The second-order valence-electron chi connectivity index (χ2n) is 5.71. The smallest absolute Gasteiger partial charge is 0.140 e. The van der Waals surface area contributed by atoms with Crippen molar-refractivity contribution in [2.24, 2.45) is 0 Å². The minimum absolute atomic E-state index is 0.0801. The van der Waals surface area contributed by atoms with Gasteiger partial charge in [-0.05, 0) is 50.9 Å². The molecule has 3 nitrogen and oxygen atoms in total. The lowest BCUT2D eigenvalue weighted by Crippen LogP contribution is -2.45. The molecule has 4 heteroatoms. The van der Waals surface area contributed by atoms with Gasteiger partial charge in [-0.25, -0.2) is 4.39 Å². The molecule has 1 N–H and O–H groups in total. The van der Waals surface area contributed by atoms with Crippen molar-refractivity contribution in [3.05, 3.63) is 35.1 Å². The van der Waals surface area contributed by atoms with E-state index in [1.807, 2.05) is 19.9 Å². The zero-order valence-corrected chi connectivity index (χ0v) is 11.4. The number of hydrogen-bond acceptors (Lipinski definition) is 3. The molecule has 1 fully saturated rings. The molecule has 102 valence electrons. The van der Waals surface area contributed by atoms with Crippen molar-refractivity contribution in [1.82, 2.24) is 4.90 Å². The lowest BCUT2D eigenvalue weighted by atomic mass is 9.96. The fourth-order valence-corrected chi connectivity index (χ4v) is 2.81. The first-order valence-electron chi connectivity index (χ1n) is 6.57. The summed E-state index contributed by atoms with van der Waals surface area (Å²) < 4.78 is 13.3. The number of hydrogen-bond donors (Lipinski definition) is 1. The van der Waals surface area contributed by atoms with E-state index in [0.717, 1.165) is 24.9 Å². The average Bonchev–Trinajstić information content (AvgIpc) is 2.79. The molecule has 1 aliphatic heterocycles. The van der Waals surface area contributed by atoms with E-state index >= 15 is 0 Å². The van der Waals surface area contributed by atoms with Crippen molar-refractivity contribution in [2.45, 2.75) is 44.9 Å². The molecule has 1 aliphatic rings. The highest BCUT2D eigenvalue weighted by Gasteiger charge is 2.35. The highest BCUT2D eigenvalue weighted by Crippen LogP contribution is 2.28. The van der Waals surface area contributed by atoms with E-state index in [4.69, 9.17) is 5.26 Å². The van der Waals surface area contributed by atoms with Crippen LogP contribution in [0.4, 0.5) is 4.39 Å². The van der Waals surface area contributed by atoms with Gasteiger partial charge in [-0.15, -0.1) is 0 Å². The third-order valence-corrected chi connectivity index (χ3v) is 3.72. The standard InChI is InChI=1S/C15H19FN2O/c1-15(2,19)14-4-3-7-18(14)10-11-5-6-13(16)12(8-11)9-17/h5-6,8,14,19H,3-4,7,10H2,1-2H3/t14-/m1/s1. The Morgan fingerprint density at radius 3 is 2.89 bits per heavy atom. The monoisotopic (exact) mass is 262 g/mol. The van der Waals surface area contributed by atoms with E-state index in [9.17, 15) is 9.50 Å². The first kappa shape index (κ1) is 14.0. The maximum Gasteiger partial charge on any atom is 0.140 e. The average molecular weight is 262 g/mol. The predicted molar refractivity (Wildman–Crippen MR) is 70.8 cm³/mol. The molecule has 1 aromatic carbocycles. The van der Waals surface area contributed by atoms with E-state index < -0.39 is 11.4 Å². The van der Waals surface area contributed by atoms with E-state index in [2.05, 4.69) is 4.90 Å². The molecule has 1 aromatic rings. The Morgan fingerprint density at radius 2 is 2.26 bits per heavy atom. The Labute approximate surface area is 113 Å². The van der Waals surface area contributed by atoms with Gasteiger partial charge in [-0.1, -0.05) is 6.07 Å². The molecule has 0 bridgehead atoms. The molecule has 0 aliphatic carbocycles. The second kappa shape index (κ2) is 5.28. The van der Waals surface area contributed by atoms with Crippen LogP contribution < -0.4 is 0 Å². The van der Waals surface area contributed by atoms with Gasteiger partial charge in [0.2, 0.25) is 0 Å². The lowest BCUT2D eigenvalue weighted by molar-refractivity contribution is -0.00502. The Bertz CT molecular complexity index is 502. The van der Waals surface area contributed by atoms with Crippen molar-refractivity contribution in [3.63, 3.8) is 0 Å². The summed E-state index contributed by atoms with van der Waals surface area (Å²) in [4.78, 5) is 2.20. The van der Waals surface area contributed by atoms with Gasteiger partial charge in [0.25, 0.3) is 0 Å². The van der Waals surface area contributed by atoms with Crippen molar-refractivity contribution < 1.29 is 9.50 Å². The molecular formula is C15H19FN2O. The number of rotatable bonds is 3. The molecule has 0 saturated carbocycles. The zero-order chi connectivity index (χ0) is 14.0. The number of nitrogens with zero attached hydrogens (tertiary/aromatic N) is 2. The number of benzene rings is 1. The van der Waals surface area contributed by atoms with Crippen molar-refractivity contribution in [1.29, 1.82) is 5.26 Å². The summed E-state index contributed by atoms with van der Waals surface area (Å²) >= 11 is 0.